The Morgan fingerprint density at radius 1 is 1.23 bits per heavy atom. The molecular formula is C22H36O4. The predicted molar refractivity (Wildman–Crippen MR) is 101 cm³/mol. The summed E-state index contributed by atoms with van der Waals surface area (Å²) in [5, 5.41) is 23.0. The molecule has 1 heterocycles. The zero-order valence-electron chi connectivity index (χ0n) is 17.0. The van der Waals surface area contributed by atoms with Gasteiger partial charge in [0.2, 0.25) is 0 Å². The Hall–Kier alpha value is -0.420. The van der Waals surface area contributed by atoms with E-state index in [-0.39, 0.29) is 29.0 Å². The van der Waals surface area contributed by atoms with E-state index < -0.39 is 11.7 Å². The van der Waals surface area contributed by atoms with Crippen LogP contribution in [-0.4, -0.2) is 47.3 Å². The van der Waals surface area contributed by atoms with Crippen molar-refractivity contribution in [3.05, 3.63) is 11.1 Å². The van der Waals surface area contributed by atoms with Crippen molar-refractivity contribution in [1.82, 2.24) is 0 Å². The predicted octanol–water partition coefficient (Wildman–Crippen LogP) is 3.46. The number of hydrogen-bond acceptors (Lipinski definition) is 4. The van der Waals surface area contributed by atoms with Gasteiger partial charge in [-0.05, 0) is 56.4 Å². The highest BCUT2D eigenvalue weighted by Gasteiger charge is 2.62. The quantitative estimate of drug-likeness (QED) is 0.737. The van der Waals surface area contributed by atoms with Gasteiger partial charge in [0.15, 0.2) is 0 Å². The Kier molecular flexibility index (Phi) is 4.39. The van der Waals surface area contributed by atoms with E-state index in [2.05, 4.69) is 27.7 Å². The second-order valence-electron chi connectivity index (χ2n) is 10.1. The smallest absolute Gasteiger partial charge is 0.0799 e. The normalized spacial score (nSPS) is 50.2. The largest absolute Gasteiger partial charge is 0.392 e. The number of rotatable bonds is 2. The van der Waals surface area contributed by atoms with E-state index in [1.54, 1.807) is 0 Å². The summed E-state index contributed by atoms with van der Waals surface area (Å²) < 4.78 is 12.1. The summed E-state index contributed by atoms with van der Waals surface area (Å²) in [6.07, 6.45) is 3.79. The highest BCUT2D eigenvalue weighted by atomic mass is 16.5. The van der Waals surface area contributed by atoms with Gasteiger partial charge in [-0.25, -0.2) is 0 Å². The molecule has 2 bridgehead atoms. The molecule has 0 radical (unpaired) electrons. The van der Waals surface area contributed by atoms with Crippen LogP contribution in [0.15, 0.2) is 11.1 Å². The first kappa shape index (κ1) is 18.9. The van der Waals surface area contributed by atoms with Crippen LogP contribution in [0, 0.1) is 22.7 Å². The molecule has 4 heteroatoms. The monoisotopic (exact) mass is 364 g/mol. The number of fused-ring (bicyclic) bond motifs is 5. The highest BCUT2D eigenvalue weighted by molar-refractivity contribution is 5.33. The van der Waals surface area contributed by atoms with Gasteiger partial charge in [0.05, 0.1) is 30.5 Å². The molecular weight excluding hydrogens is 328 g/mol. The van der Waals surface area contributed by atoms with Crippen molar-refractivity contribution in [2.45, 2.75) is 90.6 Å². The maximum absolute atomic E-state index is 11.9. The molecule has 3 aliphatic carbocycles. The Bertz CT molecular complexity index is 611. The van der Waals surface area contributed by atoms with Crippen LogP contribution in [-0.2, 0) is 9.47 Å². The lowest BCUT2D eigenvalue weighted by Crippen LogP contribution is -2.65. The van der Waals surface area contributed by atoms with Crippen LogP contribution in [0.5, 0.6) is 0 Å². The van der Waals surface area contributed by atoms with Crippen molar-refractivity contribution in [3.63, 3.8) is 0 Å². The van der Waals surface area contributed by atoms with Crippen LogP contribution >= 0.6 is 0 Å². The van der Waals surface area contributed by atoms with Gasteiger partial charge in [-0.15, -0.1) is 0 Å². The Labute approximate surface area is 158 Å². The molecule has 0 spiro atoms. The van der Waals surface area contributed by atoms with E-state index in [0.29, 0.717) is 12.5 Å². The van der Waals surface area contributed by atoms with Crippen LogP contribution in [0.1, 0.15) is 66.7 Å². The first-order valence-electron chi connectivity index (χ1n) is 10.5. The third kappa shape index (κ3) is 2.41. The van der Waals surface area contributed by atoms with Crippen molar-refractivity contribution >= 4 is 0 Å². The van der Waals surface area contributed by atoms with Gasteiger partial charge in [-0.2, -0.15) is 0 Å². The van der Waals surface area contributed by atoms with Crippen LogP contribution in [0.4, 0.5) is 0 Å². The molecule has 4 rings (SSSR count). The van der Waals surface area contributed by atoms with Crippen LogP contribution in [0.2, 0.25) is 0 Å². The molecule has 148 valence electrons. The molecule has 4 nitrogen and oxygen atoms in total. The third-order valence-corrected chi connectivity index (χ3v) is 8.64. The summed E-state index contributed by atoms with van der Waals surface area (Å²) in [5.41, 5.74) is 1.36. The van der Waals surface area contributed by atoms with E-state index >= 15 is 0 Å². The summed E-state index contributed by atoms with van der Waals surface area (Å²) in [7, 11) is 0. The lowest BCUT2D eigenvalue weighted by Gasteiger charge is -2.63. The van der Waals surface area contributed by atoms with Gasteiger partial charge in [-0.1, -0.05) is 26.3 Å². The molecule has 1 saturated heterocycles. The maximum atomic E-state index is 11.9. The topological polar surface area (TPSA) is 58.9 Å². The number of aliphatic hydroxyl groups excluding tert-OH is 1. The fourth-order valence-electron chi connectivity index (χ4n) is 6.73. The average Bonchev–Trinajstić information content (AvgIpc) is 2.53. The number of hydrogen-bond donors (Lipinski definition) is 2. The standard InChI is InChI=1S/C22H36O4/c1-6-25-17-11-21(5)15(14-12-26-16(14)9-18(21)23)10-22(24)8-7-13(2)19(17)20(22,3)4/h14-18,23-24H,6-12H2,1-5H3. The first-order valence-corrected chi connectivity index (χ1v) is 10.5. The van der Waals surface area contributed by atoms with Gasteiger partial charge in [0, 0.05) is 24.4 Å². The molecule has 2 saturated carbocycles. The highest BCUT2D eigenvalue weighted by Crippen LogP contribution is 2.62. The van der Waals surface area contributed by atoms with Crippen LogP contribution < -0.4 is 0 Å². The van der Waals surface area contributed by atoms with Crippen molar-refractivity contribution in [3.8, 4) is 0 Å². The SMILES string of the molecule is CCOC1CC2(C)C(O)CC3OCC3C2CC2(O)CCC(C)=C1C2(C)C. The Morgan fingerprint density at radius 3 is 2.58 bits per heavy atom. The van der Waals surface area contributed by atoms with Gasteiger partial charge >= 0.3 is 0 Å². The van der Waals surface area contributed by atoms with E-state index in [4.69, 9.17) is 9.47 Å². The van der Waals surface area contributed by atoms with Gasteiger partial charge in [0.25, 0.3) is 0 Å². The number of aliphatic hydroxyl groups is 2. The van der Waals surface area contributed by atoms with Crippen molar-refractivity contribution in [1.29, 1.82) is 0 Å². The molecule has 0 aromatic carbocycles. The summed E-state index contributed by atoms with van der Waals surface area (Å²) in [6, 6.07) is 0. The fraction of sp³-hybridized carbons (Fsp3) is 0.909. The zero-order valence-corrected chi connectivity index (χ0v) is 17.0. The van der Waals surface area contributed by atoms with Crippen LogP contribution in [0.25, 0.3) is 0 Å². The molecule has 0 amide bonds. The number of ether oxygens (including phenoxy) is 2. The molecule has 4 aliphatic rings. The van der Waals surface area contributed by atoms with Crippen molar-refractivity contribution in [2.24, 2.45) is 22.7 Å². The van der Waals surface area contributed by atoms with E-state index in [0.717, 1.165) is 38.7 Å². The fourth-order valence-corrected chi connectivity index (χ4v) is 6.73. The minimum atomic E-state index is -0.749. The molecule has 0 aromatic heterocycles. The molecule has 7 unspecified atom stereocenters. The average molecular weight is 365 g/mol. The maximum Gasteiger partial charge on any atom is 0.0799 e. The van der Waals surface area contributed by atoms with E-state index in [1.165, 1.54) is 11.1 Å². The van der Waals surface area contributed by atoms with Gasteiger partial charge in [0.1, 0.15) is 0 Å². The Morgan fingerprint density at radius 2 is 1.96 bits per heavy atom. The zero-order chi connectivity index (χ0) is 18.9. The third-order valence-electron chi connectivity index (χ3n) is 8.64. The minimum absolute atomic E-state index is 0.0261. The second-order valence-corrected chi connectivity index (χ2v) is 10.1. The molecule has 7 atom stereocenters. The van der Waals surface area contributed by atoms with E-state index in [1.807, 2.05) is 6.92 Å². The van der Waals surface area contributed by atoms with Gasteiger partial charge in [-0.3, -0.25) is 0 Å². The minimum Gasteiger partial charge on any atom is -0.392 e. The lowest BCUT2D eigenvalue weighted by molar-refractivity contribution is -0.250. The summed E-state index contributed by atoms with van der Waals surface area (Å²) in [6.45, 7) is 12.3. The lowest BCUT2D eigenvalue weighted by atomic mass is 9.47. The van der Waals surface area contributed by atoms with E-state index in [9.17, 15) is 10.2 Å². The first-order chi connectivity index (χ1) is 12.1. The molecule has 1 aliphatic heterocycles. The van der Waals surface area contributed by atoms with Crippen LogP contribution in [0.3, 0.4) is 0 Å². The van der Waals surface area contributed by atoms with Crippen molar-refractivity contribution < 1.29 is 19.7 Å². The summed E-state index contributed by atoms with van der Waals surface area (Å²) in [5.74, 6) is 0.733. The molecule has 3 fully saturated rings. The molecule has 0 aromatic rings. The van der Waals surface area contributed by atoms with Gasteiger partial charge < -0.3 is 19.7 Å². The molecule has 2 N–H and O–H groups in total. The molecule has 26 heavy (non-hydrogen) atoms. The summed E-state index contributed by atoms with van der Waals surface area (Å²) in [4.78, 5) is 0. The Balaban J connectivity index is 1.84. The summed E-state index contributed by atoms with van der Waals surface area (Å²) >= 11 is 0. The second kappa shape index (κ2) is 6.04. The number of allylic oxidation sites excluding steroid dienone is 1. The van der Waals surface area contributed by atoms with Crippen molar-refractivity contribution in [2.75, 3.05) is 13.2 Å².